The number of hydrogen-bond acceptors (Lipinski definition) is 5. The number of alkyl halides is 1. The van der Waals surface area contributed by atoms with E-state index in [0.717, 1.165) is 36.8 Å². The maximum absolute atomic E-state index is 12.1. The molecule has 2 aromatic rings. The average molecular weight is 431 g/mol. The lowest BCUT2D eigenvalue weighted by molar-refractivity contribution is -0.134. The SMILES string of the molecule is CCC(C)C(Cl)C(=O)Oc1ccc(-c2cnc(OCCCCC=C(C)C)nc2)cc1. The van der Waals surface area contributed by atoms with Crippen LogP contribution in [-0.2, 0) is 4.79 Å². The number of rotatable bonds is 11. The highest BCUT2D eigenvalue weighted by atomic mass is 35.5. The number of aromatic nitrogens is 2. The minimum absolute atomic E-state index is 0.0636. The minimum atomic E-state index is -0.650. The molecule has 162 valence electrons. The topological polar surface area (TPSA) is 61.3 Å². The Morgan fingerprint density at radius 3 is 2.37 bits per heavy atom. The number of allylic oxidation sites excluding steroid dienone is 2. The summed E-state index contributed by atoms with van der Waals surface area (Å²) < 4.78 is 11.0. The van der Waals surface area contributed by atoms with Crippen LogP contribution < -0.4 is 9.47 Å². The van der Waals surface area contributed by atoms with E-state index in [1.807, 2.05) is 26.0 Å². The van der Waals surface area contributed by atoms with Gasteiger partial charge >= 0.3 is 12.0 Å². The third-order valence-electron chi connectivity index (χ3n) is 4.79. The number of hydrogen-bond donors (Lipinski definition) is 0. The molecule has 30 heavy (non-hydrogen) atoms. The molecule has 0 saturated heterocycles. The van der Waals surface area contributed by atoms with Crippen LogP contribution in [0.2, 0.25) is 0 Å². The van der Waals surface area contributed by atoms with Crippen molar-refractivity contribution >= 4 is 17.6 Å². The Morgan fingerprint density at radius 1 is 1.10 bits per heavy atom. The van der Waals surface area contributed by atoms with Crippen LogP contribution in [0, 0.1) is 5.92 Å². The molecule has 2 rings (SSSR count). The normalized spacial score (nSPS) is 12.7. The van der Waals surface area contributed by atoms with Gasteiger partial charge in [-0.1, -0.05) is 44.1 Å². The van der Waals surface area contributed by atoms with Crippen LogP contribution >= 0.6 is 11.6 Å². The van der Waals surface area contributed by atoms with Crippen molar-refractivity contribution in [2.24, 2.45) is 5.92 Å². The van der Waals surface area contributed by atoms with E-state index in [2.05, 4.69) is 29.9 Å². The molecule has 0 aliphatic heterocycles. The average Bonchev–Trinajstić information content (AvgIpc) is 2.75. The first kappa shape index (κ1) is 23.9. The fourth-order valence-corrected chi connectivity index (χ4v) is 2.89. The van der Waals surface area contributed by atoms with Gasteiger partial charge in [0.25, 0.3) is 0 Å². The highest BCUT2D eigenvalue weighted by molar-refractivity contribution is 6.30. The molecule has 0 aliphatic carbocycles. The van der Waals surface area contributed by atoms with E-state index < -0.39 is 11.3 Å². The van der Waals surface area contributed by atoms with E-state index in [4.69, 9.17) is 21.1 Å². The van der Waals surface area contributed by atoms with E-state index in [-0.39, 0.29) is 5.92 Å². The monoisotopic (exact) mass is 430 g/mol. The van der Waals surface area contributed by atoms with Crippen LogP contribution in [0.4, 0.5) is 0 Å². The maximum Gasteiger partial charge on any atom is 0.329 e. The third-order valence-corrected chi connectivity index (χ3v) is 5.39. The summed E-state index contributed by atoms with van der Waals surface area (Å²) in [6.07, 6.45) is 9.63. The molecule has 5 nitrogen and oxygen atoms in total. The molecule has 1 heterocycles. The number of ether oxygens (including phenoxy) is 2. The summed E-state index contributed by atoms with van der Waals surface area (Å²) in [4.78, 5) is 20.6. The van der Waals surface area contributed by atoms with Gasteiger partial charge in [-0.15, -0.1) is 11.6 Å². The van der Waals surface area contributed by atoms with Gasteiger partial charge in [-0.25, -0.2) is 9.97 Å². The Hall–Kier alpha value is -2.40. The van der Waals surface area contributed by atoms with Crippen molar-refractivity contribution in [1.82, 2.24) is 9.97 Å². The van der Waals surface area contributed by atoms with Crippen LogP contribution in [0.15, 0.2) is 48.3 Å². The third kappa shape index (κ3) is 7.79. The number of unbranched alkanes of at least 4 members (excludes halogenated alkanes) is 2. The molecule has 1 aromatic heterocycles. The van der Waals surface area contributed by atoms with Gasteiger partial charge in [0, 0.05) is 18.0 Å². The Balaban J connectivity index is 1.85. The van der Waals surface area contributed by atoms with Gasteiger partial charge in [0.2, 0.25) is 0 Å². The van der Waals surface area contributed by atoms with Crippen molar-refractivity contribution in [1.29, 1.82) is 0 Å². The fraction of sp³-hybridized carbons (Fsp3) is 0.458. The first-order valence-corrected chi connectivity index (χ1v) is 10.9. The number of halogens is 1. The van der Waals surface area contributed by atoms with Crippen LogP contribution in [0.1, 0.15) is 53.4 Å². The molecular formula is C24H31ClN2O3. The lowest BCUT2D eigenvalue weighted by atomic mass is 10.1. The van der Waals surface area contributed by atoms with Gasteiger partial charge in [-0.2, -0.15) is 0 Å². The van der Waals surface area contributed by atoms with E-state index in [1.54, 1.807) is 24.5 Å². The first-order valence-electron chi connectivity index (χ1n) is 10.4. The summed E-state index contributed by atoms with van der Waals surface area (Å²) in [6, 6.07) is 7.58. The standard InChI is InChI=1S/C24H31ClN2O3/c1-5-18(4)22(25)23(28)30-21-12-10-19(11-13-21)20-15-26-24(27-16-20)29-14-8-6-7-9-17(2)3/h9-13,15-16,18,22H,5-8,14H2,1-4H3. The van der Waals surface area contributed by atoms with E-state index in [9.17, 15) is 4.79 Å². The molecule has 0 N–H and O–H groups in total. The summed E-state index contributed by atoms with van der Waals surface area (Å²) in [6.45, 7) is 8.74. The molecule has 0 bridgehead atoms. The predicted octanol–water partition coefficient (Wildman–Crippen LogP) is 6.22. The van der Waals surface area contributed by atoms with Gasteiger partial charge in [-0.3, -0.25) is 4.79 Å². The second-order valence-electron chi connectivity index (χ2n) is 7.61. The van der Waals surface area contributed by atoms with Crippen molar-refractivity contribution in [3.05, 3.63) is 48.3 Å². The molecule has 6 heteroatoms. The number of carbonyl (C=O) groups is 1. The zero-order valence-corrected chi connectivity index (χ0v) is 19.0. The second-order valence-corrected chi connectivity index (χ2v) is 8.08. The number of esters is 1. The smallest absolute Gasteiger partial charge is 0.329 e. The molecule has 0 spiro atoms. The Kier molecular flexibility index (Phi) is 9.81. The zero-order chi connectivity index (χ0) is 21.9. The largest absolute Gasteiger partial charge is 0.463 e. The Labute approximate surface area is 184 Å². The van der Waals surface area contributed by atoms with Gasteiger partial charge in [0.1, 0.15) is 11.1 Å². The van der Waals surface area contributed by atoms with Gasteiger partial charge in [-0.05, 0) is 56.7 Å². The molecule has 0 radical (unpaired) electrons. The minimum Gasteiger partial charge on any atom is -0.463 e. The first-order chi connectivity index (χ1) is 14.4. The fourth-order valence-electron chi connectivity index (χ4n) is 2.67. The molecule has 0 saturated carbocycles. The lowest BCUT2D eigenvalue weighted by Crippen LogP contribution is -2.26. The molecule has 0 fully saturated rings. The highest BCUT2D eigenvalue weighted by Gasteiger charge is 2.23. The van der Waals surface area contributed by atoms with Crippen molar-refractivity contribution in [2.75, 3.05) is 6.61 Å². The van der Waals surface area contributed by atoms with Crippen LogP contribution in [0.5, 0.6) is 11.8 Å². The van der Waals surface area contributed by atoms with Crippen LogP contribution in [0.25, 0.3) is 11.1 Å². The number of carbonyl (C=O) groups excluding carboxylic acids is 1. The summed E-state index contributed by atoms with van der Waals surface area (Å²) in [5, 5.41) is -0.650. The summed E-state index contributed by atoms with van der Waals surface area (Å²) in [5.41, 5.74) is 3.13. The molecule has 0 amide bonds. The van der Waals surface area contributed by atoms with E-state index in [1.165, 1.54) is 5.57 Å². The van der Waals surface area contributed by atoms with Crippen LogP contribution in [0.3, 0.4) is 0 Å². The van der Waals surface area contributed by atoms with E-state index in [0.29, 0.717) is 18.4 Å². The summed E-state index contributed by atoms with van der Waals surface area (Å²) in [7, 11) is 0. The summed E-state index contributed by atoms with van der Waals surface area (Å²) >= 11 is 6.14. The van der Waals surface area contributed by atoms with Crippen LogP contribution in [-0.4, -0.2) is 27.9 Å². The maximum atomic E-state index is 12.1. The molecule has 0 aliphatic rings. The van der Waals surface area contributed by atoms with Crippen molar-refractivity contribution < 1.29 is 14.3 Å². The van der Waals surface area contributed by atoms with E-state index >= 15 is 0 Å². The Morgan fingerprint density at radius 2 is 1.77 bits per heavy atom. The second kappa shape index (κ2) is 12.3. The number of nitrogens with zero attached hydrogens (tertiary/aromatic N) is 2. The van der Waals surface area contributed by atoms with Crippen molar-refractivity contribution in [2.45, 2.75) is 58.8 Å². The quantitative estimate of drug-likeness (QED) is 0.139. The number of benzene rings is 1. The van der Waals surface area contributed by atoms with Crippen molar-refractivity contribution in [3.63, 3.8) is 0 Å². The Bertz CT molecular complexity index is 815. The van der Waals surface area contributed by atoms with Gasteiger partial charge in [0.15, 0.2) is 0 Å². The summed E-state index contributed by atoms with van der Waals surface area (Å²) in [5.74, 6) is 0.102. The molecule has 2 atom stereocenters. The molecule has 2 unspecified atom stereocenters. The lowest BCUT2D eigenvalue weighted by Gasteiger charge is -2.15. The van der Waals surface area contributed by atoms with Crippen molar-refractivity contribution in [3.8, 4) is 22.9 Å². The van der Waals surface area contributed by atoms with Gasteiger partial charge < -0.3 is 9.47 Å². The van der Waals surface area contributed by atoms with Gasteiger partial charge in [0.05, 0.1) is 6.61 Å². The molecular weight excluding hydrogens is 400 g/mol. The predicted molar refractivity (Wildman–Crippen MR) is 121 cm³/mol. The zero-order valence-electron chi connectivity index (χ0n) is 18.2. The molecule has 1 aromatic carbocycles. The highest BCUT2D eigenvalue weighted by Crippen LogP contribution is 2.23.